The minimum Gasteiger partial charge on any atom is -0.331 e. The summed E-state index contributed by atoms with van der Waals surface area (Å²) in [5.41, 5.74) is 1.84. The molecule has 1 amide bonds. The maximum atomic E-state index is 13.8. The molecule has 4 nitrogen and oxygen atoms in total. The van der Waals surface area contributed by atoms with E-state index in [9.17, 15) is 13.6 Å². The Morgan fingerprint density at radius 3 is 2.65 bits per heavy atom. The number of aromatic nitrogens is 2. The van der Waals surface area contributed by atoms with Crippen LogP contribution in [0, 0.1) is 18.6 Å². The fourth-order valence-corrected chi connectivity index (χ4v) is 2.50. The third-order valence-electron chi connectivity index (χ3n) is 3.93. The summed E-state index contributed by atoms with van der Waals surface area (Å²) in [5.74, 6) is -0.859. The van der Waals surface area contributed by atoms with Crippen molar-refractivity contribution in [2.24, 2.45) is 7.05 Å². The number of benzene rings is 2. The van der Waals surface area contributed by atoms with E-state index < -0.39 is 17.5 Å². The topological polar surface area (TPSA) is 38.1 Å². The lowest BCUT2D eigenvalue weighted by Gasteiger charge is -2.18. The zero-order valence-corrected chi connectivity index (χ0v) is 13.0. The quantitative estimate of drug-likeness (QED) is 0.726. The van der Waals surface area contributed by atoms with Gasteiger partial charge in [0.05, 0.1) is 16.7 Å². The number of imidazole rings is 1. The molecule has 0 radical (unpaired) electrons. The van der Waals surface area contributed by atoms with Crippen molar-refractivity contribution in [1.82, 2.24) is 9.55 Å². The number of nitrogens with zero attached hydrogens (tertiary/aromatic N) is 3. The second kappa shape index (κ2) is 5.46. The summed E-state index contributed by atoms with van der Waals surface area (Å²) in [6.45, 7) is 1.87. The van der Waals surface area contributed by atoms with Crippen molar-refractivity contribution in [2.45, 2.75) is 6.92 Å². The number of aryl methyl sites for hydroxylation is 2. The maximum absolute atomic E-state index is 13.8. The Morgan fingerprint density at radius 1 is 1.17 bits per heavy atom. The number of amides is 1. The maximum Gasteiger partial charge on any atom is 0.258 e. The summed E-state index contributed by atoms with van der Waals surface area (Å²) in [7, 11) is 3.30. The first-order valence-electron chi connectivity index (χ1n) is 7.04. The molecule has 23 heavy (non-hydrogen) atoms. The Morgan fingerprint density at radius 2 is 1.91 bits per heavy atom. The van der Waals surface area contributed by atoms with Gasteiger partial charge in [0, 0.05) is 25.7 Å². The number of carbonyl (C=O) groups excluding carboxylic acids is 1. The lowest BCUT2D eigenvalue weighted by atomic mass is 10.1. The highest BCUT2D eigenvalue weighted by molar-refractivity contribution is 6.07. The molecular formula is C17H15F2N3O. The van der Waals surface area contributed by atoms with E-state index in [4.69, 9.17) is 0 Å². The molecule has 3 rings (SSSR count). The van der Waals surface area contributed by atoms with Crippen LogP contribution in [0.5, 0.6) is 0 Å². The van der Waals surface area contributed by atoms with Gasteiger partial charge < -0.3 is 9.47 Å². The monoisotopic (exact) mass is 315 g/mol. The van der Waals surface area contributed by atoms with E-state index in [0.717, 1.165) is 34.4 Å². The van der Waals surface area contributed by atoms with E-state index in [2.05, 4.69) is 4.98 Å². The fraction of sp³-hybridized carbons (Fsp3) is 0.176. The van der Waals surface area contributed by atoms with Gasteiger partial charge in [0.15, 0.2) is 0 Å². The number of fused-ring (bicyclic) bond motifs is 1. The lowest BCUT2D eigenvalue weighted by Crippen LogP contribution is -2.27. The van der Waals surface area contributed by atoms with Crippen LogP contribution in [0.3, 0.4) is 0 Å². The SMILES string of the molecule is Cc1nc2cc(C(=O)N(C)c3cc(F)ccc3F)ccc2n1C. The van der Waals surface area contributed by atoms with Crippen LogP contribution in [-0.4, -0.2) is 22.5 Å². The Labute approximate surface area is 132 Å². The van der Waals surface area contributed by atoms with E-state index in [0.29, 0.717) is 11.1 Å². The Bertz CT molecular complexity index is 918. The van der Waals surface area contributed by atoms with Crippen molar-refractivity contribution in [1.29, 1.82) is 0 Å². The molecule has 0 N–H and O–H groups in total. The first-order chi connectivity index (χ1) is 10.9. The fourth-order valence-electron chi connectivity index (χ4n) is 2.50. The third kappa shape index (κ3) is 2.56. The van der Waals surface area contributed by atoms with Gasteiger partial charge in [-0.3, -0.25) is 4.79 Å². The van der Waals surface area contributed by atoms with Crippen LogP contribution in [0.2, 0.25) is 0 Å². The molecule has 1 aromatic heterocycles. The Balaban J connectivity index is 2.00. The van der Waals surface area contributed by atoms with E-state index in [-0.39, 0.29) is 5.69 Å². The molecule has 0 bridgehead atoms. The molecule has 0 spiro atoms. The van der Waals surface area contributed by atoms with Gasteiger partial charge in [-0.15, -0.1) is 0 Å². The van der Waals surface area contributed by atoms with Crippen LogP contribution in [0.25, 0.3) is 11.0 Å². The molecule has 0 aliphatic rings. The average molecular weight is 315 g/mol. The van der Waals surface area contributed by atoms with Crippen molar-refractivity contribution < 1.29 is 13.6 Å². The molecule has 0 saturated carbocycles. The van der Waals surface area contributed by atoms with Gasteiger partial charge >= 0.3 is 0 Å². The minimum atomic E-state index is -0.656. The van der Waals surface area contributed by atoms with Gasteiger partial charge in [0.2, 0.25) is 0 Å². The zero-order chi connectivity index (χ0) is 16.7. The Hall–Kier alpha value is -2.76. The van der Waals surface area contributed by atoms with Crippen LogP contribution >= 0.6 is 0 Å². The first-order valence-corrected chi connectivity index (χ1v) is 7.04. The number of hydrogen-bond acceptors (Lipinski definition) is 2. The molecular weight excluding hydrogens is 300 g/mol. The lowest BCUT2D eigenvalue weighted by molar-refractivity contribution is 0.0992. The van der Waals surface area contributed by atoms with Gasteiger partial charge in [-0.2, -0.15) is 0 Å². The standard InChI is InChI=1S/C17H15F2N3O/c1-10-20-14-8-11(4-7-15(14)21(10)2)17(23)22(3)16-9-12(18)5-6-13(16)19/h4-9H,1-3H3. The second-order valence-electron chi connectivity index (χ2n) is 5.38. The molecule has 3 aromatic rings. The number of rotatable bonds is 2. The van der Waals surface area contributed by atoms with Crippen LogP contribution in [-0.2, 0) is 7.05 Å². The molecule has 0 fully saturated rings. The highest BCUT2D eigenvalue weighted by Gasteiger charge is 2.18. The predicted octanol–water partition coefficient (Wildman–Crippen LogP) is 3.44. The molecule has 2 aromatic carbocycles. The summed E-state index contributed by atoms with van der Waals surface area (Å²) in [6, 6.07) is 8.10. The third-order valence-corrected chi connectivity index (χ3v) is 3.93. The zero-order valence-electron chi connectivity index (χ0n) is 13.0. The van der Waals surface area contributed by atoms with Gasteiger partial charge in [0.1, 0.15) is 17.5 Å². The predicted molar refractivity (Wildman–Crippen MR) is 84.5 cm³/mol. The van der Waals surface area contributed by atoms with Crippen molar-refractivity contribution in [3.8, 4) is 0 Å². The van der Waals surface area contributed by atoms with E-state index in [1.54, 1.807) is 18.2 Å². The Kier molecular flexibility index (Phi) is 3.60. The molecule has 0 unspecified atom stereocenters. The number of carbonyl (C=O) groups is 1. The number of hydrogen-bond donors (Lipinski definition) is 0. The first kappa shape index (κ1) is 15.1. The molecule has 0 aliphatic heterocycles. The van der Waals surface area contributed by atoms with E-state index >= 15 is 0 Å². The van der Waals surface area contributed by atoms with Gasteiger partial charge in [-0.25, -0.2) is 13.8 Å². The normalized spacial score (nSPS) is 11.0. The van der Waals surface area contributed by atoms with Gasteiger partial charge in [0.25, 0.3) is 5.91 Å². The smallest absolute Gasteiger partial charge is 0.258 e. The summed E-state index contributed by atoms with van der Waals surface area (Å²) in [4.78, 5) is 18.0. The largest absolute Gasteiger partial charge is 0.331 e. The molecule has 1 heterocycles. The highest BCUT2D eigenvalue weighted by Crippen LogP contribution is 2.23. The second-order valence-corrected chi connectivity index (χ2v) is 5.38. The number of anilines is 1. The van der Waals surface area contributed by atoms with Crippen LogP contribution in [0.4, 0.5) is 14.5 Å². The molecule has 0 atom stereocenters. The summed E-state index contributed by atoms with van der Waals surface area (Å²) >= 11 is 0. The van der Waals surface area contributed by atoms with Crippen molar-refractivity contribution in [2.75, 3.05) is 11.9 Å². The molecule has 6 heteroatoms. The summed E-state index contributed by atoms with van der Waals surface area (Å²) in [5, 5.41) is 0. The van der Waals surface area contributed by atoms with Crippen LogP contribution < -0.4 is 4.90 Å². The molecule has 0 aliphatic carbocycles. The van der Waals surface area contributed by atoms with E-state index in [1.165, 1.54) is 7.05 Å². The van der Waals surface area contributed by atoms with Gasteiger partial charge in [-0.1, -0.05) is 0 Å². The highest BCUT2D eigenvalue weighted by atomic mass is 19.1. The molecule has 118 valence electrons. The average Bonchev–Trinajstić information content (AvgIpc) is 2.82. The minimum absolute atomic E-state index is 0.104. The molecule has 0 saturated heterocycles. The van der Waals surface area contributed by atoms with E-state index in [1.807, 2.05) is 18.5 Å². The summed E-state index contributed by atoms with van der Waals surface area (Å²) < 4.78 is 29.1. The van der Waals surface area contributed by atoms with Crippen LogP contribution in [0.15, 0.2) is 36.4 Å². The van der Waals surface area contributed by atoms with Crippen molar-refractivity contribution >= 4 is 22.6 Å². The van der Waals surface area contributed by atoms with Crippen LogP contribution in [0.1, 0.15) is 16.2 Å². The van der Waals surface area contributed by atoms with Crippen molar-refractivity contribution in [3.63, 3.8) is 0 Å². The summed E-state index contributed by atoms with van der Waals surface area (Å²) in [6.07, 6.45) is 0. The van der Waals surface area contributed by atoms with Crippen molar-refractivity contribution in [3.05, 3.63) is 59.4 Å². The number of halogens is 2. The van der Waals surface area contributed by atoms with Gasteiger partial charge in [-0.05, 0) is 37.3 Å².